The Morgan fingerprint density at radius 1 is 1.12 bits per heavy atom. The van der Waals surface area contributed by atoms with Gasteiger partial charge in [-0.15, -0.1) is 0 Å². The lowest BCUT2D eigenvalue weighted by Gasteiger charge is -2.11. The maximum atomic E-state index is 12.9. The molecule has 0 fully saturated rings. The number of aromatic nitrogens is 1. The largest absolute Gasteiger partial charge is 0.488 e. The van der Waals surface area contributed by atoms with Gasteiger partial charge < -0.3 is 9.84 Å². The van der Waals surface area contributed by atoms with Crippen molar-refractivity contribution in [2.24, 2.45) is 0 Å². The zero-order valence-corrected chi connectivity index (χ0v) is 13.4. The minimum atomic E-state index is -0.887. The van der Waals surface area contributed by atoms with Crippen molar-refractivity contribution in [3.05, 3.63) is 66.1 Å². The maximum Gasteiger partial charge on any atom is 0.313 e. The van der Waals surface area contributed by atoms with E-state index >= 15 is 0 Å². The Bertz CT molecular complexity index is 868. The summed E-state index contributed by atoms with van der Waals surface area (Å²) in [5.41, 5.74) is 0.864. The number of nitrogens with zero attached hydrogens (tertiary/aromatic N) is 1. The zero-order chi connectivity index (χ0) is 16.9. The second-order valence-corrected chi connectivity index (χ2v) is 6.03. The SMILES string of the molecule is O=C(O)CSc1nccc2c(OCc3ccc(F)cc3)cccc12. The number of aliphatic carboxylic acids is 1. The molecule has 1 aromatic heterocycles. The van der Waals surface area contributed by atoms with E-state index in [0.717, 1.165) is 16.3 Å². The van der Waals surface area contributed by atoms with Gasteiger partial charge in [-0.2, -0.15) is 0 Å². The van der Waals surface area contributed by atoms with Crippen molar-refractivity contribution < 1.29 is 19.0 Å². The van der Waals surface area contributed by atoms with E-state index in [9.17, 15) is 9.18 Å². The molecule has 0 radical (unpaired) electrons. The number of benzene rings is 2. The highest BCUT2D eigenvalue weighted by Crippen LogP contribution is 2.31. The number of rotatable bonds is 6. The lowest BCUT2D eigenvalue weighted by Crippen LogP contribution is -1.99. The number of pyridine rings is 1. The van der Waals surface area contributed by atoms with Crippen LogP contribution in [0.3, 0.4) is 0 Å². The number of hydrogen-bond acceptors (Lipinski definition) is 4. The van der Waals surface area contributed by atoms with Crippen molar-refractivity contribution in [1.29, 1.82) is 0 Å². The lowest BCUT2D eigenvalue weighted by atomic mass is 10.1. The van der Waals surface area contributed by atoms with Gasteiger partial charge in [0.2, 0.25) is 0 Å². The molecule has 122 valence electrons. The molecule has 1 N–H and O–H groups in total. The van der Waals surface area contributed by atoms with Crippen LogP contribution in [-0.4, -0.2) is 21.8 Å². The van der Waals surface area contributed by atoms with Crippen LogP contribution in [0.1, 0.15) is 5.56 Å². The molecule has 24 heavy (non-hydrogen) atoms. The van der Waals surface area contributed by atoms with E-state index in [1.54, 1.807) is 18.3 Å². The van der Waals surface area contributed by atoms with Crippen LogP contribution in [0.15, 0.2) is 59.8 Å². The maximum absolute atomic E-state index is 12.9. The Balaban J connectivity index is 1.84. The minimum Gasteiger partial charge on any atom is -0.488 e. The molecule has 0 unspecified atom stereocenters. The molecule has 1 heterocycles. The summed E-state index contributed by atoms with van der Waals surface area (Å²) >= 11 is 1.17. The molecule has 0 atom stereocenters. The normalized spacial score (nSPS) is 10.7. The van der Waals surface area contributed by atoms with E-state index in [4.69, 9.17) is 9.84 Å². The molecule has 0 aliphatic heterocycles. The molecule has 0 saturated heterocycles. The number of carbonyl (C=O) groups is 1. The van der Waals surface area contributed by atoms with Crippen LogP contribution in [0.4, 0.5) is 4.39 Å². The van der Waals surface area contributed by atoms with Crippen LogP contribution in [0.2, 0.25) is 0 Å². The second-order valence-electron chi connectivity index (χ2n) is 5.06. The second kappa shape index (κ2) is 7.31. The monoisotopic (exact) mass is 343 g/mol. The molecule has 0 amide bonds. The predicted molar refractivity (Wildman–Crippen MR) is 90.8 cm³/mol. The first-order chi connectivity index (χ1) is 11.6. The van der Waals surface area contributed by atoms with Gasteiger partial charge in [0.1, 0.15) is 23.2 Å². The van der Waals surface area contributed by atoms with Gasteiger partial charge in [0.15, 0.2) is 0 Å². The third-order valence-corrected chi connectivity index (χ3v) is 4.36. The fourth-order valence-corrected chi connectivity index (χ4v) is 2.99. The van der Waals surface area contributed by atoms with Crippen molar-refractivity contribution in [2.45, 2.75) is 11.6 Å². The fraction of sp³-hybridized carbons (Fsp3) is 0.111. The minimum absolute atomic E-state index is 0.0488. The van der Waals surface area contributed by atoms with Gasteiger partial charge in [0, 0.05) is 17.0 Å². The van der Waals surface area contributed by atoms with E-state index in [-0.39, 0.29) is 11.6 Å². The first-order valence-electron chi connectivity index (χ1n) is 7.23. The van der Waals surface area contributed by atoms with Crippen LogP contribution in [-0.2, 0) is 11.4 Å². The van der Waals surface area contributed by atoms with Crippen molar-refractivity contribution in [1.82, 2.24) is 4.98 Å². The smallest absolute Gasteiger partial charge is 0.313 e. The Labute approximate surface area is 142 Å². The molecule has 4 nitrogen and oxygen atoms in total. The fourth-order valence-electron chi connectivity index (χ4n) is 2.26. The summed E-state index contributed by atoms with van der Waals surface area (Å²) in [5.74, 6) is -0.540. The van der Waals surface area contributed by atoms with Crippen LogP contribution in [0.5, 0.6) is 5.75 Å². The molecule has 3 rings (SSSR count). The van der Waals surface area contributed by atoms with Gasteiger partial charge in [-0.1, -0.05) is 36.0 Å². The summed E-state index contributed by atoms with van der Waals surface area (Å²) in [6, 6.07) is 13.6. The summed E-state index contributed by atoms with van der Waals surface area (Å²) in [5, 5.41) is 11.2. The molecule has 0 aliphatic carbocycles. The summed E-state index contributed by atoms with van der Waals surface area (Å²) in [6.07, 6.45) is 1.64. The Morgan fingerprint density at radius 2 is 1.92 bits per heavy atom. The Hall–Kier alpha value is -2.60. The van der Waals surface area contributed by atoms with Crippen LogP contribution >= 0.6 is 11.8 Å². The average Bonchev–Trinajstić information content (AvgIpc) is 2.59. The standard InChI is InChI=1S/C18H14FNO3S/c19-13-6-4-12(5-7-13)10-23-16-3-1-2-15-14(16)8-9-20-18(15)24-11-17(21)22/h1-9H,10-11H2,(H,21,22). The topological polar surface area (TPSA) is 59.4 Å². The number of ether oxygens (including phenoxy) is 1. The Morgan fingerprint density at radius 3 is 2.67 bits per heavy atom. The van der Waals surface area contributed by atoms with Gasteiger partial charge in [-0.25, -0.2) is 9.37 Å². The molecule has 0 spiro atoms. The van der Waals surface area contributed by atoms with Gasteiger partial charge in [-0.05, 0) is 29.8 Å². The summed E-state index contributed by atoms with van der Waals surface area (Å²) in [6.45, 7) is 0.319. The molecular weight excluding hydrogens is 329 g/mol. The van der Waals surface area contributed by atoms with Gasteiger partial charge in [0.25, 0.3) is 0 Å². The highest BCUT2D eigenvalue weighted by atomic mass is 32.2. The van der Waals surface area contributed by atoms with E-state index in [1.807, 2.05) is 24.3 Å². The molecule has 0 bridgehead atoms. The van der Waals surface area contributed by atoms with Crippen LogP contribution in [0, 0.1) is 5.82 Å². The lowest BCUT2D eigenvalue weighted by molar-refractivity contribution is -0.133. The van der Waals surface area contributed by atoms with Crippen LogP contribution in [0.25, 0.3) is 10.8 Å². The number of fused-ring (bicyclic) bond motifs is 1. The van der Waals surface area contributed by atoms with Crippen molar-refractivity contribution in [3.8, 4) is 5.75 Å². The molecular formula is C18H14FNO3S. The van der Waals surface area contributed by atoms with Gasteiger partial charge in [-0.3, -0.25) is 4.79 Å². The molecule has 0 aliphatic rings. The molecule has 6 heteroatoms. The Kier molecular flexibility index (Phi) is 4.96. The number of carboxylic acids is 1. The van der Waals surface area contributed by atoms with Crippen molar-refractivity contribution in [3.63, 3.8) is 0 Å². The highest BCUT2D eigenvalue weighted by molar-refractivity contribution is 8.00. The van der Waals surface area contributed by atoms with Gasteiger partial charge in [0.05, 0.1) is 5.75 Å². The third-order valence-electron chi connectivity index (χ3n) is 3.37. The van der Waals surface area contributed by atoms with E-state index in [0.29, 0.717) is 17.4 Å². The van der Waals surface area contributed by atoms with E-state index < -0.39 is 5.97 Å². The summed E-state index contributed by atoms with van der Waals surface area (Å²) in [7, 11) is 0. The number of thioether (sulfide) groups is 1. The first kappa shape index (κ1) is 16.3. The first-order valence-corrected chi connectivity index (χ1v) is 8.21. The summed E-state index contributed by atoms with van der Waals surface area (Å²) in [4.78, 5) is 15.0. The number of halogens is 1. The van der Waals surface area contributed by atoms with Crippen LogP contribution < -0.4 is 4.74 Å². The van der Waals surface area contributed by atoms with Crippen molar-refractivity contribution in [2.75, 3.05) is 5.75 Å². The summed E-state index contributed by atoms with van der Waals surface area (Å²) < 4.78 is 18.8. The quantitative estimate of drug-likeness (QED) is 0.682. The van der Waals surface area contributed by atoms with Gasteiger partial charge >= 0.3 is 5.97 Å². The molecule has 2 aromatic carbocycles. The number of carboxylic acid groups (broad SMARTS) is 1. The van der Waals surface area contributed by atoms with E-state index in [2.05, 4.69) is 4.98 Å². The molecule has 0 saturated carbocycles. The number of hydrogen-bond donors (Lipinski definition) is 1. The average molecular weight is 343 g/mol. The third kappa shape index (κ3) is 3.83. The van der Waals surface area contributed by atoms with Crippen molar-refractivity contribution >= 4 is 28.5 Å². The highest BCUT2D eigenvalue weighted by Gasteiger charge is 2.09. The van der Waals surface area contributed by atoms with E-state index in [1.165, 1.54) is 23.9 Å². The molecule has 3 aromatic rings. The zero-order valence-electron chi connectivity index (χ0n) is 12.6. The predicted octanol–water partition coefficient (Wildman–Crippen LogP) is 4.13.